The number of piperidine rings is 2. The lowest BCUT2D eigenvalue weighted by Crippen LogP contribution is -2.37. The molecule has 2 heterocycles. The highest BCUT2D eigenvalue weighted by Crippen LogP contribution is 2.31. The molecule has 2 N–H and O–H groups in total. The topological polar surface area (TPSA) is 90.8 Å². The minimum absolute atomic E-state index is 0.0593. The van der Waals surface area contributed by atoms with Gasteiger partial charge in [-0.25, -0.2) is 0 Å². The van der Waals surface area contributed by atoms with E-state index in [9.17, 15) is 14.9 Å². The van der Waals surface area contributed by atoms with Crippen LogP contribution in [-0.2, 0) is 0 Å². The van der Waals surface area contributed by atoms with Gasteiger partial charge in [-0.05, 0) is 94.1 Å². The van der Waals surface area contributed by atoms with Crippen LogP contribution < -0.4 is 20.4 Å². The van der Waals surface area contributed by atoms with E-state index in [4.69, 9.17) is 12.2 Å². The van der Waals surface area contributed by atoms with Gasteiger partial charge in [0.15, 0.2) is 5.11 Å². The molecule has 34 heavy (non-hydrogen) atoms. The normalized spacial score (nSPS) is 18.3. The molecule has 0 unspecified atom stereocenters. The number of hydrogen-bond donors (Lipinski definition) is 2. The lowest BCUT2D eigenvalue weighted by atomic mass is 10.0. The average molecular weight is 482 g/mol. The maximum atomic E-state index is 12.7. The molecule has 1 atom stereocenters. The number of anilines is 3. The van der Waals surface area contributed by atoms with Crippen LogP contribution in [0.2, 0.25) is 0 Å². The van der Waals surface area contributed by atoms with Crippen LogP contribution in [-0.4, -0.2) is 41.6 Å². The molecule has 0 aliphatic carbocycles. The third-order valence-electron chi connectivity index (χ3n) is 6.62. The van der Waals surface area contributed by atoms with Crippen LogP contribution in [0.5, 0.6) is 0 Å². The molecule has 2 aliphatic heterocycles. The Morgan fingerprint density at radius 1 is 1.03 bits per heavy atom. The van der Waals surface area contributed by atoms with Crippen molar-refractivity contribution in [2.45, 2.75) is 51.5 Å². The molecule has 0 radical (unpaired) electrons. The van der Waals surface area contributed by atoms with Crippen molar-refractivity contribution < 1.29 is 9.72 Å². The summed E-state index contributed by atoms with van der Waals surface area (Å²) in [6.07, 6.45) is 6.84. The van der Waals surface area contributed by atoms with Gasteiger partial charge in [0.25, 0.3) is 11.6 Å². The molecule has 2 saturated heterocycles. The molecule has 0 aromatic heterocycles. The number of nitro groups is 1. The van der Waals surface area contributed by atoms with Crippen molar-refractivity contribution in [3.63, 3.8) is 0 Å². The number of thiocarbonyl (C=S) groups is 1. The molecular formula is C25H31N5O3S. The van der Waals surface area contributed by atoms with Gasteiger partial charge in [0.1, 0.15) is 5.69 Å². The second-order valence-electron chi connectivity index (χ2n) is 9.00. The van der Waals surface area contributed by atoms with Gasteiger partial charge < -0.3 is 15.1 Å². The first-order valence-corrected chi connectivity index (χ1v) is 12.4. The summed E-state index contributed by atoms with van der Waals surface area (Å²) in [5.74, 6) is -0.482. The Hall–Kier alpha value is -3.20. The quantitative estimate of drug-likeness (QED) is 0.349. The zero-order valence-electron chi connectivity index (χ0n) is 19.5. The van der Waals surface area contributed by atoms with Crippen molar-refractivity contribution in [3.05, 3.63) is 58.1 Å². The standard InChI is InChI=1S/C25H31N5O3S/c1-18-7-3-6-16-29(18)21-11-9-20(10-12-21)26-25(34)27-24(31)19-8-13-22(23(17-19)30(32)33)28-14-4-2-5-15-28/h8-13,17-18H,2-7,14-16H2,1H3,(H2,26,27,31,34)/t18-/m0/s1. The maximum absolute atomic E-state index is 12.7. The summed E-state index contributed by atoms with van der Waals surface area (Å²) in [5, 5.41) is 17.5. The number of amides is 1. The highest BCUT2D eigenvalue weighted by atomic mass is 32.1. The molecule has 0 spiro atoms. The predicted octanol–water partition coefficient (Wildman–Crippen LogP) is 5.09. The highest BCUT2D eigenvalue weighted by Gasteiger charge is 2.23. The summed E-state index contributed by atoms with van der Waals surface area (Å²) in [6.45, 7) is 4.89. The molecule has 0 bridgehead atoms. The van der Waals surface area contributed by atoms with E-state index >= 15 is 0 Å². The van der Waals surface area contributed by atoms with E-state index in [0.717, 1.165) is 44.6 Å². The van der Waals surface area contributed by atoms with Crippen LogP contribution in [0, 0.1) is 10.1 Å². The maximum Gasteiger partial charge on any atom is 0.293 e. The third kappa shape index (κ3) is 5.64. The molecule has 2 fully saturated rings. The van der Waals surface area contributed by atoms with Crippen molar-refractivity contribution in [2.75, 3.05) is 34.8 Å². The second kappa shape index (κ2) is 10.8. The lowest BCUT2D eigenvalue weighted by molar-refractivity contribution is -0.384. The molecule has 1 amide bonds. The monoisotopic (exact) mass is 481 g/mol. The number of carbonyl (C=O) groups is 1. The molecule has 8 nitrogen and oxygen atoms in total. The second-order valence-corrected chi connectivity index (χ2v) is 9.41. The van der Waals surface area contributed by atoms with Crippen LogP contribution >= 0.6 is 12.2 Å². The van der Waals surface area contributed by atoms with E-state index in [2.05, 4.69) is 34.6 Å². The Morgan fingerprint density at radius 3 is 2.41 bits per heavy atom. The summed E-state index contributed by atoms with van der Waals surface area (Å²) in [7, 11) is 0. The van der Waals surface area contributed by atoms with E-state index in [1.54, 1.807) is 12.1 Å². The smallest absolute Gasteiger partial charge is 0.293 e. The van der Waals surface area contributed by atoms with Gasteiger partial charge in [-0.1, -0.05) is 0 Å². The summed E-state index contributed by atoms with van der Waals surface area (Å²) >= 11 is 5.31. The summed E-state index contributed by atoms with van der Waals surface area (Å²) in [5.41, 5.74) is 2.64. The molecule has 4 rings (SSSR count). The van der Waals surface area contributed by atoms with Crippen molar-refractivity contribution in [3.8, 4) is 0 Å². The Kier molecular flexibility index (Phi) is 7.62. The number of nitrogens with one attached hydrogen (secondary N) is 2. The molecule has 0 saturated carbocycles. The van der Waals surface area contributed by atoms with Crippen LogP contribution in [0.1, 0.15) is 55.8 Å². The first-order valence-electron chi connectivity index (χ1n) is 11.9. The fourth-order valence-electron chi connectivity index (χ4n) is 4.77. The Morgan fingerprint density at radius 2 is 1.74 bits per heavy atom. The molecule has 180 valence electrons. The Labute approximate surface area is 205 Å². The van der Waals surface area contributed by atoms with Gasteiger partial charge >= 0.3 is 0 Å². The number of hydrogen-bond acceptors (Lipinski definition) is 6. The Bertz CT molecular complexity index is 1050. The van der Waals surface area contributed by atoms with Gasteiger partial charge in [-0.2, -0.15) is 0 Å². The van der Waals surface area contributed by atoms with Crippen LogP contribution in [0.3, 0.4) is 0 Å². The highest BCUT2D eigenvalue weighted by molar-refractivity contribution is 7.80. The Balaban J connectivity index is 1.39. The zero-order chi connectivity index (χ0) is 24.1. The molecule has 2 aromatic carbocycles. The van der Waals surface area contributed by atoms with E-state index in [-0.39, 0.29) is 16.4 Å². The number of carbonyl (C=O) groups excluding carboxylic acids is 1. The van der Waals surface area contributed by atoms with Crippen LogP contribution in [0.4, 0.5) is 22.7 Å². The summed E-state index contributed by atoms with van der Waals surface area (Å²) < 4.78 is 0. The number of rotatable bonds is 5. The van der Waals surface area contributed by atoms with Gasteiger partial charge in [0, 0.05) is 48.7 Å². The molecule has 9 heteroatoms. The van der Waals surface area contributed by atoms with Gasteiger partial charge in [0.2, 0.25) is 0 Å². The van der Waals surface area contributed by atoms with E-state index in [1.807, 2.05) is 17.0 Å². The number of nitro benzene ring substituents is 1. The molecule has 2 aliphatic rings. The minimum Gasteiger partial charge on any atom is -0.369 e. The fourth-order valence-corrected chi connectivity index (χ4v) is 4.98. The van der Waals surface area contributed by atoms with Crippen LogP contribution in [0.15, 0.2) is 42.5 Å². The van der Waals surface area contributed by atoms with Crippen molar-refractivity contribution in [1.82, 2.24) is 5.32 Å². The van der Waals surface area contributed by atoms with E-state index in [0.29, 0.717) is 11.7 Å². The van der Waals surface area contributed by atoms with E-state index in [1.165, 1.54) is 31.0 Å². The first-order chi connectivity index (χ1) is 16.4. The van der Waals surface area contributed by atoms with Crippen LogP contribution in [0.25, 0.3) is 0 Å². The average Bonchev–Trinajstić information content (AvgIpc) is 2.85. The van der Waals surface area contributed by atoms with Gasteiger partial charge in [0.05, 0.1) is 4.92 Å². The first kappa shape index (κ1) is 23.9. The third-order valence-corrected chi connectivity index (χ3v) is 6.82. The summed E-state index contributed by atoms with van der Waals surface area (Å²) in [4.78, 5) is 28.4. The SMILES string of the molecule is C[C@H]1CCCCN1c1ccc(NC(=S)NC(=O)c2ccc(N3CCCCC3)c([N+](=O)[O-])c2)cc1. The fraction of sp³-hybridized carbons (Fsp3) is 0.440. The van der Waals surface area contributed by atoms with Crippen molar-refractivity contribution in [2.24, 2.45) is 0 Å². The molecular weight excluding hydrogens is 450 g/mol. The lowest BCUT2D eigenvalue weighted by Gasteiger charge is -2.35. The van der Waals surface area contributed by atoms with Gasteiger partial charge in [-0.3, -0.25) is 20.2 Å². The zero-order valence-corrected chi connectivity index (χ0v) is 20.3. The minimum atomic E-state index is -0.482. The van der Waals surface area contributed by atoms with Crippen molar-refractivity contribution >= 4 is 46.0 Å². The number of nitrogens with zero attached hydrogens (tertiary/aromatic N) is 3. The van der Waals surface area contributed by atoms with Gasteiger partial charge in [-0.15, -0.1) is 0 Å². The van der Waals surface area contributed by atoms with E-state index < -0.39 is 10.8 Å². The molecule has 2 aromatic rings. The number of benzene rings is 2. The van der Waals surface area contributed by atoms with Crippen molar-refractivity contribution in [1.29, 1.82) is 0 Å². The largest absolute Gasteiger partial charge is 0.369 e. The predicted molar refractivity (Wildman–Crippen MR) is 140 cm³/mol. The summed E-state index contributed by atoms with van der Waals surface area (Å²) in [6, 6.07) is 13.1.